The zero-order valence-electron chi connectivity index (χ0n) is 16.9. The number of halogens is 1. The van der Waals surface area contributed by atoms with Gasteiger partial charge in [-0.15, -0.1) is 11.3 Å². The molecule has 1 aliphatic carbocycles. The van der Waals surface area contributed by atoms with Crippen LogP contribution in [0.5, 0.6) is 0 Å². The predicted molar refractivity (Wildman–Crippen MR) is 115 cm³/mol. The summed E-state index contributed by atoms with van der Waals surface area (Å²) < 4.78 is 15.9. The summed E-state index contributed by atoms with van der Waals surface area (Å²) >= 11 is 1.65. The molecule has 158 valence electrons. The van der Waals surface area contributed by atoms with E-state index < -0.39 is 12.0 Å². The molecule has 0 radical (unpaired) electrons. The fourth-order valence-electron chi connectivity index (χ4n) is 4.50. The van der Waals surface area contributed by atoms with E-state index in [2.05, 4.69) is 5.32 Å². The standard InChI is InChI=1S/C23H25FN2O3S/c1-2-19(23(28)29)26-20-8-5-14(24)12-17(20)18-13-15(6-9-21(18)26)25-22(27)10-7-16-4-3-11-30-16/h3-5,8,11-12,15,19H,2,6-7,9-10,13H2,1H3,(H,25,27)(H,28,29). The maximum atomic E-state index is 14.0. The second kappa shape index (κ2) is 8.60. The van der Waals surface area contributed by atoms with Crippen LogP contribution in [0.4, 0.5) is 4.39 Å². The van der Waals surface area contributed by atoms with Crippen molar-refractivity contribution in [3.8, 4) is 0 Å². The number of carbonyl (C=O) groups is 2. The third-order valence-corrected chi connectivity index (χ3v) is 6.83. The van der Waals surface area contributed by atoms with E-state index >= 15 is 0 Å². The fourth-order valence-corrected chi connectivity index (χ4v) is 5.21. The van der Waals surface area contributed by atoms with Crippen molar-refractivity contribution in [3.05, 3.63) is 57.7 Å². The molecule has 0 fully saturated rings. The summed E-state index contributed by atoms with van der Waals surface area (Å²) in [6, 6.07) is 7.84. The summed E-state index contributed by atoms with van der Waals surface area (Å²) in [6.07, 6.45) is 3.60. The van der Waals surface area contributed by atoms with Crippen LogP contribution in [0.25, 0.3) is 10.9 Å². The van der Waals surface area contributed by atoms with Gasteiger partial charge in [-0.1, -0.05) is 13.0 Å². The monoisotopic (exact) mass is 428 g/mol. The first-order valence-electron chi connectivity index (χ1n) is 10.3. The second-order valence-corrected chi connectivity index (χ2v) is 8.84. The SMILES string of the molecule is CCC(C(=O)O)n1c2c(c3cc(F)ccc31)CC(NC(=O)CCc1cccs1)CC2. The van der Waals surface area contributed by atoms with Crippen LogP contribution in [0.1, 0.15) is 48.4 Å². The number of hydrogen-bond acceptors (Lipinski definition) is 3. The van der Waals surface area contributed by atoms with Gasteiger partial charge in [0.25, 0.3) is 0 Å². The highest BCUT2D eigenvalue weighted by molar-refractivity contribution is 7.09. The Bertz CT molecular complexity index is 1070. The highest BCUT2D eigenvalue weighted by Gasteiger charge is 2.30. The lowest BCUT2D eigenvalue weighted by Gasteiger charge is -2.26. The molecule has 0 aliphatic heterocycles. The third-order valence-electron chi connectivity index (χ3n) is 5.89. The number of nitrogens with zero attached hydrogens (tertiary/aromatic N) is 1. The van der Waals surface area contributed by atoms with Crippen LogP contribution in [-0.4, -0.2) is 27.6 Å². The summed E-state index contributed by atoms with van der Waals surface area (Å²) in [7, 11) is 0. The first-order valence-corrected chi connectivity index (χ1v) is 11.2. The zero-order valence-corrected chi connectivity index (χ0v) is 17.7. The van der Waals surface area contributed by atoms with Crippen molar-refractivity contribution in [2.24, 2.45) is 0 Å². The lowest BCUT2D eigenvalue weighted by molar-refractivity contribution is -0.141. The first kappa shape index (κ1) is 20.6. The summed E-state index contributed by atoms with van der Waals surface area (Å²) in [5, 5.41) is 15.6. The van der Waals surface area contributed by atoms with Gasteiger partial charge in [-0.25, -0.2) is 9.18 Å². The molecule has 4 rings (SSSR count). The minimum absolute atomic E-state index is 0.0174. The molecule has 7 heteroatoms. The fraction of sp³-hybridized carbons (Fsp3) is 0.391. The molecule has 1 aliphatic rings. The quantitative estimate of drug-likeness (QED) is 0.583. The molecule has 0 saturated heterocycles. The number of hydrogen-bond donors (Lipinski definition) is 2. The number of aliphatic carboxylic acids is 1. The number of carbonyl (C=O) groups excluding carboxylic acids is 1. The Balaban J connectivity index is 1.58. The molecule has 5 nitrogen and oxygen atoms in total. The first-order chi connectivity index (χ1) is 14.5. The molecule has 2 aromatic heterocycles. The molecule has 0 bridgehead atoms. The second-order valence-electron chi connectivity index (χ2n) is 7.81. The van der Waals surface area contributed by atoms with Gasteiger partial charge in [0.2, 0.25) is 5.91 Å². The highest BCUT2D eigenvalue weighted by Crippen LogP contribution is 2.36. The van der Waals surface area contributed by atoms with Gasteiger partial charge < -0.3 is 15.0 Å². The van der Waals surface area contributed by atoms with Gasteiger partial charge >= 0.3 is 5.97 Å². The van der Waals surface area contributed by atoms with Crippen LogP contribution in [0.15, 0.2) is 35.7 Å². The Hall–Kier alpha value is -2.67. The molecule has 2 heterocycles. The smallest absolute Gasteiger partial charge is 0.326 e. The molecule has 0 spiro atoms. The highest BCUT2D eigenvalue weighted by atomic mass is 32.1. The van der Waals surface area contributed by atoms with Gasteiger partial charge in [0.05, 0.1) is 0 Å². The number of rotatable bonds is 7. The molecular weight excluding hydrogens is 403 g/mol. The average molecular weight is 429 g/mol. The number of fused-ring (bicyclic) bond motifs is 3. The predicted octanol–water partition coefficient (Wildman–Crippen LogP) is 4.48. The Morgan fingerprint density at radius 2 is 2.20 bits per heavy atom. The number of amides is 1. The van der Waals surface area contributed by atoms with E-state index in [0.29, 0.717) is 25.7 Å². The van der Waals surface area contributed by atoms with E-state index in [1.165, 1.54) is 17.0 Å². The van der Waals surface area contributed by atoms with Gasteiger partial charge in [0, 0.05) is 33.9 Å². The molecular formula is C23H25FN2O3S. The van der Waals surface area contributed by atoms with Crippen LogP contribution in [0.2, 0.25) is 0 Å². The Morgan fingerprint density at radius 3 is 2.90 bits per heavy atom. The Morgan fingerprint density at radius 1 is 1.37 bits per heavy atom. The van der Waals surface area contributed by atoms with Crippen molar-refractivity contribution in [2.45, 2.75) is 57.5 Å². The maximum absolute atomic E-state index is 14.0. The zero-order chi connectivity index (χ0) is 21.3. The molecule has 3 aromatic rings. The molecule has 1 aromatic carbocycles. The number of aryl methyl sites for hydroxylation is 1. The number of carboxylic acids is 1. The summed E-state index contributed by atoms with van der Waals surface area (Å²) in [5.74, 6) is -1.21. The third kappa shape index (κ3) is 3.99. The van der Waals surface area contributed by atoms with Crippen molar-refractivity contribution in [1.29, 1.82) is 0 Å². The number of aromatic nitrogens is 1. The molecule has 1 amide bonds. The molecule has 2 atom stereocenters. The van der Waals surface area contributed by atoms with Crippen molar-refractivity contribution in [1.82, 2.24) is 9.88 Å². The van der Waals surface area contributed by atoms with Crippen LogP contribution in [-0.2, 0) is 28.9 Å². The molecule has 30 heavy (non-hydrogen) atoms. The average Bonchev–Trinajstić information content (AvgIpc) is 3.34. The molecule has 2 unspecified atom stereocenters. The summed E-state index contributed by atoms with van der Waals surface area (Å²) in [5.41, 5.74) is 2.66. The van der Waals surface area contributed by atoms with Crippen LogP contribution < -0.4 is 5.32 Å². The number of nitrogens with one attached hydrogen (secondary N) is 1. The van der Waals surface area contributed by atoms with Crippen LogP contribution in [0, 0.1) is 5.82 Å². The van der Waals surface area contributed by atoms with Crippen molar-refractivity contribution >= 4 is 34.1 Å². The number of thiophene rings is 1. The van der Waals surface area contributed by atoms with E-state index in [-0.39, 0.29) is 17.8 Å². The molecule has 0 saturated carbocycles. The summed E-state index contributed by atoms with van der Waals surface area (Å²) in [6.45, 7) is 1.85. The van der Waals surface area contributed by atoms with Crippen molar-refractivity contribution in [3.63, 3.8) is 0 Å². The van der Waals surface area contributed by atoms with Crippen molar-refractivity contribution in [2.75, 3.05) is 0 Å². The van der Waals surface area contributed by atoms with E-state index in [1.54, 1.807) is 17.4 Å². The lowest BCUT2D eigenvalue weighted by atomic mass is 9.91. The van der Waals surface area contributed by atoms with Crippen molar-refractivity contribution < 1.29 is 19.1 Å². The lowest BCUT2D eigenvalue weighted by Crippen LogP contribution is -2.39. The molecule has 2 N–H and O–H groups in total. The topological polar surface area (TPSA) is 71.3 Å². The number of benzene rings is 1. The minimum atomic E-state index is -0.884. The van der Waals surface area contributed by atoms with Crippen LogP contribution >= 0.6 is 11.3 Å². The van der Waals surface area contributed by atoms with E-state index in [0.717, 1.165) is 35.0 Å². The van der Waals surface area contributed by atoms with Gasteiger partial charge in [-0.05, 0) is 67.3 Å². The minimum Gasteiger partial charge on any atom is -0.480 e. The van der Waals surface area contributed by atoms with Gasteiger partial charge in [-0.3, -0.25) is 4.79 Å². The summed E-state index contributed by atoms with van der Waals surface area (Å²) in [4.78, 5) is 25.5. The van der Waals surface area contributed by atoms with Gasteiger partial charge in [0.1, 0.15) is 11.9 Å². The Labute approximate surface area is 178 Å². The van der Waals surface area contributed by atoms with E-state index in [1.807, 2.05) is 29.0 Å². The normalized spacial score (nSPS) is 16.9. The van der Waals surface area contributed by atoms with E-state index in [9.17, 15) is 19.1 Å². The van der Waals surface area contributed by atoms with E-state index in [4.69, 9.17) is 0 Å². The number of carboxylic acid groups (broad SMARTS) is 1. The largest absolute Gasteiger partial charge is 0.480 e. The van der Waals surface area contributed by atoms with Gasteiger partial charge in [-0.2, -0.15) is 0 Å². The van der Waals surface area contributed by atoms with Gasteiger partial charge in [0.15, 0.2) is 0 Å². The van der Waals surface area contributed by atoms with Crippen LogP contribution in [0.3, 0.4) is 0 Å². The maximum Gasteiger partial charge on any atom is 0.326 e. The Kier molecular flexibility index (Phi) is 5.90.